The van der Waals surface area contributed by atoms with Crippen LogP contribution in [0.1, 0.15) is 29.6 Å². The molecule has 0 radical (unpaired) electrons. The van der Waals surface area contributed by atoms with Crippen LogP contribution in [0.15, 0.2) is 18.2 Å². The minimum Gasteiger partial charge on any atom is -0.397 e. The average molecular weight is 263 g/mol. The van der Waals surface area contributed by atoms with Crippen LogP contribution in [-0.2, 0) is 0 Å². The number of nitrogens with zero attached hydrogens (tertiary/aromatic N) is 1. The van der Waals surface area contributed by atoms with E-state index in [2.05, 4.69) is 10.2 Å². The molecule has 5 nitrogen and oxygen atoms in total. The van der Waals surface area contributed by atoms with Crippen LogP contribution < -0.4 is 16.0 Å². The number of anilines is 2. The lowest BCUT2D eigenvalue weighted by Crippen LogP contribution is -2.42. The van der Waals surface area contributed by atoms with Crippen LogP contribution in [0.25, 0.3) is 0 Å². The minimum absolute atomic E-state index is 0.104. The molecule has 104 valence electrons. The molecule has 0 bridgehead atoms. The first kappa shape index (κ1) is 13.7. The van der Waals surface area contributed by atoms with Crippen molar-refractivity contribution in [2.75, 3.05) is 30.8 Å². The van der Waals surface area contributed by atoms with Crippen LogP contribution in [0.5, 0.6) is 0 Å². The molecular formula is C14H21N3O2. The van der Waals surface area contributed by atoms with Crippen LogP contribution in [0.3, 0.4) is 0 Å². The number of aliphatic hydroxyl groups is 1. The lowest BCUT2D eigenvalue weighted by atomic mass is 9.90. The van der Waals surface area contributed by atoms with E-state index in [0.29, 0.717) is 23.8 Å². The zero-order valence-corrected chi connectivity index (χ0v) is 11.2. The van der Waals surface area contributed by atoms with E-state index in [1.54, 1.807) is 19.2 Å². The summed E-state index contributed by atoms with van der Waals surface area (Å²) < 4.78 is 0. The summed E-state index contributed by atoms with van der Waals surface area (Å²) in [6.07, 6.45) is 3.50. The molecule has 0 saturated heterocycles. The Morgan fingerprint density at radius 2 is 2.26 bits per heavy atom. The molecule has 1 saturated carbocycles. The van der Waals surface area contributed by atoms with Gasteiger partial charge < -0.3 is 21.1 Å². The summed E-state index contributed by atoms with van der Waals surface area (Å²) in [5.41, 5.74) is 8.11. The summed E-state index contributed by atoms with van der Waals surface area (Å²) in [6, 6.07) is 5.79. The number of carbonyl (C=O) groups is 1. The lowest BCUT2D eigenvalue weighted by Gasteiger charge is -2.39. The van der Waals surface area contributed by atoms with E-state index in [4.69, 9.17) is 5.73 Å². The van der Waals surface area contributed by atoms with Crippen molar-refractivity contribution >= 4 is 17.3 Å². The highest BCUT2D eigenvalue weighted by Crippen LogP contribution is 2.33. The third kappa shape index (κ3) is 2.81. The van der Waals surface area contributed by atoms with Gasteiger partial charge in [0.2, 0.25) is 0 Å². The largest absolute Gasteiger partial charge is 0.397 e. The molecule has 1 aliphatic rings. The molecule has 1 aromatic carbocycles. The van der Waals surface area contributed by atoms with Crippen molar-refractivity contribution in [3.05, 3.63) is 23.8 Å². The van der Waals surface area contributed by atoms with Gasteiger partial charge in [-0.05, 0) is 37.5 Å². The van der Waals surface area contributed by atoms with Gasteiger partial charge in [-0.2, -0.15) is 0 Å². The standard InChI is InChI=1S/C14H21N3O2/c1-16-14(19)10-5-6-13(12(15)9-10)17(7-8-18)11-3-2-4-11/h5-6,9,11,18H,2-4,7-8,15H2,1H3,(H,16,19). The van der Waals surface area contributed by atoms with Crippen molar-refractivity contribution in [3.8, 4) is 0 Å². The Balaban J connectivity index is 2.24. The van der Waals surface area contributed by atoms with Crippen LogP contribution in [0, 0.1) is 0 Å². The van der Waals surface area contributed by atoms with Gasteiger partial charge in [-0.1, -0.05) is 0 Å². The normalized spacial score (nSPS) is 14.8. The lowest BCUT2D eigenvalue weighted by molar-refractivity contribution is 0.0963. The Hall–Kier alpha value is -1.75. The molecule has 4 N–H and O–H groups in total. The van der Waals surface area contributed by atoms with Crippen LogP contribution in [0.4, 0.5) is 11.4 Å². The predicted molar refractivity (Wildman–Crippen MR) is 76.3 cm³/mol. The average Bonchev–Trinajstić information content (AvgIpc) is 2.35. The van der Waals surface area contributed by atoms with Crippen LogP contribution in [-0.4, -0.2) is 37.3 Å². The first-order valence-corrected chi connectivity index (χ1v) is 6.66. The summed E-state index contributed by atoms with van der Waals surface area (Å²) in [5, 5.41) is 11.8. The molecule has 1 aromatic rings. The van der Waals surface area contributed by atoms with E-state index in [9.17, 15) is 9.90 Å². The van der Waals surface area contributed by atoms with Crippen molar-refractivity contribution < 1.29 is 9.90 Å². The summed E-state index contributed by atoms with van der Waals surface area (Å²) in [6.45, 7) is 0.682. The Morgan fingerprint density at radius 3 is 2.74 bits per heavy atom. The van der Waals surface area contributed by atoms with E-state index in [0.717, 1.165) is 18.5 Å². The monoisotopic (exact) mass is 263 g/mol. The van der Waals surface area contributed by atoms with Gasteiger partial charge in [0.05, 0.1) is 18.0 Å². The Labute approximate surface area is 113 Å². The fraction of sp³-hybridized carbons (Fsp3) is 0.500. The number of aliphatic hydroxyl groups excluding tert-OH is 1. The fourth-order valence-electron chi connectivity index (χ4n) is 2.41. The number of benzene rings is 1. The molecule has 1 fully saturated rings. The molecule has 2 rings (SSSR count). The highest BCUT2D eigenvalue weighted by atomic mass is 16.3. The quantitative estimate of drug-likeness (QED) is 0.692. The Bertz CT molecular complexity index is 458. The van der Waals surface area contributed by atoms with Crippen molar-refractivity contribution in [1.29, 1.82) is 0 Å². The molecule has 0 heterocycles. The van der Waals surface area contributed by atoms with Crippen molar-refractivity contribution in [3.63, 3.8) is 0 Å². The Morgan fingerprint density at radius 1 is 1.53 bits per heavy atom. The van der Waals surface area contributed by atoms with Crippen molar-refractivity contribution in [1.82, 2.24) is 5.32 Å². The van der Waals surface area contributed by atoms with E-state index in [-0.39, 0.29) is 12.5 Å². The number of nitrogen functional groups attached to an aromatic ring is 1. The highest BCUT2D eigenvalue weighted by Gasteiger charge is 2.26. The van der Waals surface area contributed by atoms with E-state index < -0.39 is 0 Å². The maximum Gasteiger partial charge on any atom is 0.251 e. The molecule has 0 unspecified atom stereocenters. The molecule has 0 atom stereocenters. The highest BCUT2D eigenvalue weighted by molar-refractivity contribution is 5.96. The van der Waals surface area contributed by atoms with Gasteiger partial charge in [-0.3, -0.25) is 4.79 Å². The zero-order chi connectivity index (χ0) is 13.8. The molecule has 1 amide bonds. The second-order valence-corrected chi connectivity index (χ2v) is 4.85. The topological polar surface area (TPSA) is 78.6 Å². The maximum atomic E-state index is 11.6. The smallest absolute Gasteiger partial charge is 0.251 e. The predicted octanol–water partition coefficient (Wildman–Crippen LogP) is 0.980. The molecule has 5 heteroatoms. The van der Waals surface area contributed by atoms with Crippen molar-refractivity contribution in [2.24, 2.45) is 0 Å². The minimum atomic E-state index is -0.143. The Kier molecular flexibility index (Phi) is 4.27. The summed E-state index contributed by atoms with van der Waals surface area (Å²) in [5.74, 6) is -0.143. The summed E-state index contributed by atoms with van der Waals surface area (Å²) >= 11 is 0. The van der Waals surface area contributed by atoms with Gasteiger partial charge in [0.15, 0.2) is 0 Å². The van der Waals surface area contributed by atoms with Gasteiger partial charge in [-0.15, -0.1) is 0 Å². The van der Waals surface area contributed by atoms with Gasteiger partial charge in [0.25, 0.3) is 5.91 Å². The van der Waals surface area contributed by atoms with Gasteiger partial charge >= 0.3 is 0 Å². The number of hydrogen-bond donors (Lipinski definition) is 3. The molecule has 19 heavy (non-hydrogen) atoms. The third-order valence-electron chi connectivity index (χ3n) is 3.68. The molecule has 1 aliphatic carbocycles. The number of hydrogen-bond acceptors (Lipinski definition) is 4. The van der Waals surface area contributed by atoms with Gasteiger partial charge in [-0.25, -0.2) is 0 Å². The fourth-order valence-corrected chi connectivity index (χ4v) is 2.41. The number of nitrogens with two attached hydrogens (primary N) is 1. The molecule has 0 aliphatic heterocycles. The maximum absolute atomic E-state index is 11.6. The van der Waals surface area contributed by atoms with Gasteiger partial charge in [0.1, 0.15) is 0 Å². The van der Waals surface area contributed by atoms with E-state index >= 15 is 0 Å². The second-order valence-electron chi connectivity index (χ2n) is 4.85. The van der Waals surface area contributed by atoms with Crippen LogP contribution >= 0.6 is 0 Å². The van der Waals surface area contributed by atoms with E-state index in [1.807, 2.05) is 6.07 Å². The number of carbonyl (C=O) groups excluding carboxylic acids is 1. The summed E-state index contributed by atoms with van der Waals surface area (Å²) in [4.78, 5) is 13.7. The van der Waals surface area contributed by atoms with Crippen molar-refractivity contribution in [2.45, 2.75) is 25.3 Å². The zero-order valence-electron chi connectivity index (χ0n) is 11.2. The van der Waals surface area contributed by atoms with E-state index in [1.165, 1.54) is 6.42 Å². The number of nitrogens with one attached hydrogen (secondary N) is 1. The van der Waals surface area contributed by atoms with Gasteiger partial charge in [0, 0.05) is 25.2 Å². The molecule has 0 aromatic heterocycles. The summed E-state index contributed by atoms with van der Waals surface area (Å²) in [7, 11) is 1.60. The SMILES string of the molecule is CNC(=O)c1ccc(N(CCO)C2CCC2)c(N)c1. The molecular weight excluding hydrogens is 242 g/mol. The second kappa shape index (κ2) is 5.93. The van der Waals surface area contributed by atoms with Crippen LogP contribution in [0.2, 0.25) is 0 Å². The third-order valence-corrected chi connectivity index (χ3v) is 3.68. The first-order chi connectivity index (χ1) is 9.17. The first-order valence-electron chi connectivity index (χ1n) is 6.66. The number of rotatable bonds is 5. The molecule has 0 spiro atoms. The number of amides is 1.